The van der Waals surface area contributed by atoms with Crippen LogP contribution in [0, 0.1) is 10.1 Å². The van der Waals surface area contributed by atoms with Gasteiger partial charge in [0.15, 0.2) is 5.75 Å². The van der Waals surface area contributed by atoms with E-state index < -0.39 is 4.92 Å². The number of nitro benzene ring substituents is 1. The standard InChI is InChI=1S/C13H19N3O4/c1-10(14-2)9-15-13(17)7-8-20-12-6-4-3-5-11(12)16(18)19/h3-6,10,14H,7-9H2,1-2H3,(H,15,17). The minimum Gasteiger partial charge on any atom is -0.486 e. The van der Waals surface area contributed by atoms with Crippen molar-refractivity contribution < 1.29 is 14.5 Å². The molecule has 0 spiro atoms. The van der Waals surface area contributed by atoms with Gasteiger partial charge >= 0.3 is 5.69 Å². The van der Waals surface area contributed by atoms with E-state index in [1.54, 1.807) is 12.1 Å². The van der Waals surface area contributed by atoms with Crippen molar-refractivity contribution in [2.45, 2.75) is 19.4 Å². The molecule has 0 bridgehead atoms. The molecule has 1 rings (SSSR count). The minimum absolute atomic E-state index is 0.100. The number of carbonyl (C=O) groups excluding carboxylic acids is 1. The first-order valence-electron chi connectivity index (χ1n) is 6.34. The Balaban J connectivity index is 2.37. The van der Waals surface area contributed by atoms with E-state index in [0.29, 0.717) is 6.54 Å². The summed E-state index contributed by atoms with van der Waals surface area (Å²) in [4.78, 5) is 21.8. The quantitative estimate of drug-likeness (QED) is 0.549. The fraction of sp³-hybridized carbons (Fsp3) is 0.462. The molecule has 0 aliphatic rings. The number of ether oxygens (including phenoxy) is 1. The molecular weight excluding hydrogens is 262 g/mol. The van der Waals surface area contributed by atoms with Crippen LogP contribution in [0.2, 0.25) is 0 Å². The van der Waals surface area contributed by atoms with Crippen LogP contribution in [-0.4, -0.2) is 37.1 Å². The van der Waals surface area contributed by atoms with Gasteiger partial charge in [-0.05, 0) is 20.0 Å². The fourth-order valence-electron chi connectivity index (χ4n) is 1.44. The predicted molar refractivity (Wildman–Crippen MR) is 74.7 cm³/mol. The first-order chi connectivity index (χ1) is 9.54. The Morgan fingerprint density at radius 3 is 2.80 bits per heavy atom. The van der Waals surface area contributed by atoms with E-state index in [4.69, 9.17) is 4.74 Å². The highest BCUT2D eigenvalue weighted by atomic mass is 16.6. The van der Waals surface area contributed by atoms with E-state index in [2.05, 4.69) is 10.6 Å². The second-order valence-corrected chi connectivity index (χ2v) is 4.32. The first-order valence-corrected chi connectivity index (χ1v) is 6.34. The number of benzene rings is 1. The molecule has 1 aromatic carbocycles. The van der Waals surface area contributed by atoms with Crippen LogP contribution in [0.4, 0.5) is 5.69 Å². The fourth-order valence-corrected chi connectivity index (χ4v) is 1.44. The van der Waals surface area contributed by atoms with Gasteiger partial charge in [-0.25, -0.2) is 0 Å². The second kappa shape index (κ2) is 8.11. The molecule has 0 radical (unpaired) electrons. The Morgan fingerprint density at radius 2 is 2.15 bits per heavy atom. The molecule has 1 aromatic rings. The number of hydrogen-bond donors (Lipinski definition) is 2. The minimum atomic E-state index is -0.510. The Bertz CT molecular complexity index is 465. The van der Waals surface area contributed by atoms with E-state index in [9.17, 15) is 14.9 Å². The molecule has 110 valence electrons. The number of nitro groups is 1. The summed E-state index contributed by atoms with van der Waals surface area (Å²) in [6.45, 7) is 2.58. The molecule has 20 heavy (non-hydrogen) atoms. The SMILES string of the molecule is CNC(C)CNC(=O)CCOc1ccccc1[N+](=O)[O-]. The molecule has 0 aliphatic heterocycles. The maximum atomic E-state index is 11.5. The van der Waals surface area contributed by atoms with Crippen LogP contribution in [-0.2, 0) is 4.79 Å². The molecule has 0 heterocycles. The molecule has 0 saturated heterocycles. The number of carbonyl (C=O) groups is 1. The molecule has 2 N–H and O–H groups in total. The highest BCUT2D eigenvalue weighted by Gasteiger charge is 2.13. The lowest BCUT2D eigenvalue weighted by Gasteiger charge is -2.11. The van der Waals surface area contributed by atoms with Gasteiger partial charge in [-0.15, -0.1) is 0 Å². The van der Waals surface area contributed by atoms with Crippen molar-refractivity contribution in [2.24, 2.45) is 0 Å². The smallest absolute Gasteiger partial charge is 0.310 e. The van der Waals surface area contributed by atoms with E-state index in [1.807, 2.05) is 14.0 Å². The Labute approximate surface area is 117 Å². The predicted octanol–water partition coefficient (Wildman–Crippen LogP) is 1.09. The summed E-state index contributed by atoms with van der Waals surface area (Å²) >= 11 is 0. The zero-order valence-corrected chi connectivity index (χ0v) is 11.6. The van der Waals surface area contributed by atoms with Crippen molar-refractivity contribution in [2.75, 3.05) is 20.2 Å². The summed E-state index contributed by atoms with van der Waals surface area (Å²) in [5, 5.41) is 16.5. The summed E-state index contributed by atoms with van der Waals surface area (Å²) < 4.78 is 5.28. The molecule has 1 unspecified atom stereocenters. The van der Waals surface area contributed by atoms with Crippen LogP contribution in [0.5, 0.6) is 5.75 Å². The zero-order valence-electron chi connectivity index (χ0n) is 11.6. The molecule has 0 saturated carbocycles. The van der Waals surface area contributed by atoms with Crippen molar-refractivity contribution in [1.82, 2.24) is 10.6 Å². The molecule has 7 heteroatoms. The van der Waals surface area contributed by atoms with Crippen molar-refractivity contribution in [1.29, 1.82) is 0 Å². The van der Waals surface area contributed by atoms with Crippen LogP contribution in [0.1, 0.15) is 13.3 Å². The third-order valence-corrected chi connectivity index (χ3v) is 2.75. The second-order valence-electron chi connectivity index (χ2n) is 4.32. The number of amides is 1. The lowest BCUT2D eigenvalue weighted by molar-refractivity contribution is -0.385. The van der Waals surface area contributed by atoms with E-state index >= 15 is 0 Å². The largest absolute Gasteiger partial charge is 0.486 e. The van der Waals surface area contributed by atoms with Crippen LogP contribution in [0.15, 0.2) is 24.3 Å². The molecule has 0 fully saturated rings. The number of hydrogen-bond acceptors (Lipinski definition) is 5. The van der Waals surface area contributed by atoms with Gasteiger partial charge in [0.25, 0.3) is 0 Å². The maximum Gasteiger partial charge on any atom is 0.310 e. The Hall–Kier alpha value is -2.15. The third kappa shape index (κ3) is 5.23. The van der Waals surface area contributed by atoms with Crippen molar-refractivity contribution in [3.05, 3.63) is 34.4 Å². The molecular formula is C13H19N3O4. The summed E-state index contributed by atoms with van der Waals surface area (Å²) in [6, 6.07) is 6.28. The molecule has 0 aliphatic carbocycles. The van der Waals surface area contributed by atoms with Gasteiger partial charge in [0.05, 0.1) is 18.0 Å². The van der Waals surface area contributed by atoms with Gasteiger partial charge < -0.3 is 15.4 Å². The molecule has 1 atom stereocenters. The highest BCUT2D eigenvalue weighted by Crippen LogP contribution is 2.25. The highest BCUT2D eigenvalue weighted by molar-refractivity contribution is 5.76. The average Bonchev–Trinajstić information content (AvgIpc) is 2.45. The number of nitrogens with one attached hydrogen (secondary N) is 2. The normalized spacial score (nSPS) is 11.7. The first kappa shape index (κ1) is 15.9. The van der Waals surface area contributed by atoms with E-state index in [-0.39, 0.29) is 36.4 Å². The van der Waals surface area contributed by atoms with Crippen molar-refractivity contribution >= 4 is 11.6 Å². The van der Waals surface area contributed by atoms with Gasteiger partial charge in [-0.1, -0.05) is 12.1 Å². The van der Waals surface area contributed by atoms with E-state index in [1.165, 1.54) is 12.1 Å². The number of likely N-dealkylation sites (N-methyl/N-ethyl adjacent to an activating group) is 1. The van der Waals surface area contributed by atoms with Crippen molar-refractivity contribution in [3.8, 4) is 5.75 Å². The number of para-hydroxylation sites is 2. The van der Waals surface area contributed by atoms with Crippen molar-refractivity contribution in [3.63, 3.8) is 0 Å². The molecule has 1 amide bonds. The zero-order chi connectivity index (χ0) is 15.0. The van der Waals surface area contributed by atoms with Crippen LogP contribution in [0.3, 0.4) is 0 Å². The van der Waals surface area contributed by atoms with Crippen LogP contribution >= 0.6 is 0 Å². The lowest BCUT2D eigenvalue weighted by Crippen LogP contribution is -2.37. The monoisotopic (exact) mass is 281 g/mol. The lowest BCUT2D eigenvalue weighted by atomic mass is 10.3. The summed E-state index contributed by atoms with van der Waals surface area (Å²) in [5.74, 6) is 0.0274. The average molecular weight is 281 g/mol. The van der Waals surface area contributed by atoms with E-state index in [0.717, 1.165) is 0 Å². The van der Waals surface area contributed by atoms with Gasteiger partial charge in [0, 0.05) is 18.7 Å². The third-order valence-electron chi connectivity index (χ3n) is 2.75. The van der Waals surface area contributed by atoms with Gasteiger partial charge in [-0.2, -0.15) is 0 Å². The van der Waals surface area contributed by atoms with Gasteiger partial charge in [0.2, 0.25) is 5.91 Å². The summed E-state index contributed by atoms with van der Waals surface area (Å²) in [7, 11) is 1.81. The summed E-state index contributed by atoms with van der Waals surface area (Å²) in [5.41, 5.74) is -0.100. The van der Waals surface area contributed by atoms with Crippen LogP contribution in [0.25, 0.3) is 0 Å². The summed E-state index contributed by atoms with van der Waals surface area (Å²) in [6.07, 6.45) is 0.155. The van der Waals surface area contributed by atoms with Gasteiger partial charge in [0.1, 0.15) is 0 Å². The maximum absolute atomic E-state index is 11.5. The number of nitrogens with zero attached hydrogens (tertiary/aromatic N) is 1. The molecule has 0 aromatic heterocycles. The van der Waals surface area contributed by atoms with Gasteiger partial charge in [-0.3, -0.25) is 14.9 Å². The topological polar surface area (TPSA) is 93.5 Å². The van der Waals surface area contributed by atoms with Crippen LogP contribution < -0.4 is 15.4 Å². The molecule has 7 nitrogen and oxygen atoms in total. The Morgan fingerprint density at radius 1 is 1.45 bits per heavy atom. The number of rotatable bonds is 8. The Kier molecular flexibility index (Phi) is 6.45.